The van der Waals surface area contributed by atoms with Gasteiger partial charge >= 0.3 is 0 Å². The molecule has 106 valence electrons. The molecule has 1 amide bonds. The second-order valence-corrected chi connectivity index (χ2v) is 5.99. The smallest absolute Gasteiger partial charge is 0.227 e. The minimum Gasteiger partial charge on any atom is -0.336 e. The molecule has 0 aliphatic heterocycles. The fraction of sp³-hybridized carbons (Fsp3) is 0.500. The van der Waals surface area contributed by atoms with Crippen LogP contribution in [0.3, 0.4) is 0 Å². The van der Waals surface area contributed by atoms with Gasteiger partial charge in [0.2, 0.25) is 5.91 Å². The van der Waals surface area contributed by atoms with Crippen LogP contribution in [0, 0.1) is 5.92 Å². The van der Waals surface area contributed by atoms with E-state index in [-0.39, 0.29) is 17.9 Å². The van der Waals surface area contributed by atoms with Gasteiger partial charge in [0.15, 0.2) is 0 Å². The predicted molar refractivity (Wildman–Crippen MR) is 82.0 cm³/mol. The van der Waals surface area contributed by atoms with E-state index in [1.165, 1.54) is 0 Å². The monoisotopic (exact) mass is 321 g/mol. The number of benzene rings is 1. The van der Waals surface area contributed by atoms with Crippen LogP contribution < -0.4 is 0 Å². The highest BCUT2D eigenvalue weighted by Crippen LogP contribution is 2.24. The predicted octanol–water partition coefficient (Wildman–Crippen LogP) is 4.61. The highest BCUT2D eigenvalue weighted by molar-refractivity contribution is 6.42. The van der Waals surface area contributed by atoms with Gasteiger partial charge < -0.3 is 4.90 Å². The van der Waals surface area contributed by atoms with Gasteiger partial charge in [0.05, 0.1) is 10.0 Å². The average molecular weight is 323 g/mol. The third kappa shape index (κ3) is 4.55. The fourth-order valence-corrected chi connectivity index (χ4v) is 2.15. The molecule has 0 N–H and O–H groups in total. The molecule has 2 nitrogen and oxygen atoms in total. The Bertz CT molecular complexity index is 448. The first-order valence-electron chi connectivity index (χ1n) is 6.17. The Labute approximate surface area is 129 Å². The van der Waals surface area contributed by atoms with E-state index in [9.17, 15) is 4.79 Å². The van der Waals surface area contributed by atoms with Crippen LogP contribution in [0.25, 0.3) is 0 Å². The van der Waals surface area contributed by atoms with Crippen molar-refractivity contribution in [3.8, 4) is 0 Å². The maximum Gasteiger partial charge on any atom is 0.227 e. The number of carbonyl (C=O) groups excluding carboxylic acids is 1. The number of alkyl halides is 1. The van der Waals surface area contributed by atoms with Crippen molar-refractivity contribution in [1.82, 2.24) is 4.90 Å². The summed E-state index contributed by atoms with van der Waals surface area (Å²) in [4.78, 5) is 14.1. The molecular weight excluding hydrogens is 305 g/mol. The number of nitrogens with zero attached hydrogens (tertiary/aromatic N) is 1. The SMILES string of the molecule is CC(CCl)C(=O)N(Cc1ccc(Cl)c(Cl)c1)C(C)C. The van der Waals surface area contributed by atoms with Crippen molar-refractivity contribution >= 4 is 40.7 Å². The highest BCUT2D eigenvalue weighted by Gasteiger charge is 2.22. The molecule has 19 heavy (non-hydrogen) atoms. The van der Waals surface area contributed by atoms with Crippen LogP contribution >= 0.6 is 34.8 Å². The van der Waals surface area contributed by atoms with Crippen LogP contribution in [0.15, 0.2) is 18.2 Å². The molecule has 5 heteroatoms. The third-order valence-electron chi connectivity index (χ3n) is 2.90. The molecule has 0 spiro atoms. The number of hydrogen-bond acceptors (Lipinski definition) is 1. The second-order valence-electron chi connectivity index (χ2n) is 4.86. The van der Waals surface area contributed by atoms with E-state index in [1.54, 1.807) is 17.0 Å². The molecule has 1 rings (SSSR count). The quantitative estimate of drug-likeness (QED) is 0.725. The van der Waals surface area contributed by atoms with Crippen LogP contribution in [0.2, 0.25) is 10.0 Å². The van der Waals surface area contributed by atoms with Gasteiger partial charge in [-0.05, 0) is 31.5 Å². The van der Waals surface area contributed by atoms with Gasteiger partial charge in [-0.3, -0.25) is 4.79 Å². The van der Waals surface area contributed by atoms with Gasteiger partial charge in [0.25, 0.3) is 0 Å². The zero-order chi connectivity index (χ0) is 14.6. The first kappa shape index (κ1) is 16.6. The van der Waals surface area contributed by atoms with Gasteiger partial charge in [0, 0.05) is 24.4 Å². The summed E-state index contributed by atoms with van der Waals surface area (Å²) in [6, 6.07) is 5.51. The van der Waals surface area contributed by atoms with Gasteiger partial charge in [-0.2, -0.15) is 0 Å². The van der Waals surface area contributed by atoms with Crippen molar-refractivity contribution in [2.24, 2.45) is 5.92 Å². The van der Waals surface area contributed by atoms with E-state index in [1.807, 2.05) is 26.8 Å². The van der Waals surface area contributed by atoms with Gasteiger partial charge in [-0.1, -0.05) is 36.2 Å². The summed E-state index contributed by atoms with van der Waals surface area (Å²) >= 11 is 17.6. The molecule has 1 aromatic rings. The highest BCUT2D eigenvalue weighted by atomic mass is 35.5. The maximum atomic E-state index is 12.3. The van der Waals surface area contributed by atoms with Crippen molar-refractivity contribution in [3.63, 3.8) is 0 Å². The lowest BCUT2D eigenvalue weighted by Gasteiger charge is -2.29. The van der Waals surface area contributed by atoms with E-state index < -0.39 is 0 Å². The molecule has 1 atom stereocenters. The molecular formula is C14H18Cl3NO. The third-order valence-corrected chi connectivity index (χ3v) is 4.10. The molecule has 0 aliphatic carbocycles. The Morgan fingerprint density at radius 2 is 1.84 bits per heavy atom. The van der Waals surface area contributed by atoms with Crippen molar-refractivity contribution in [3.05, 3.63) is 33.8 Å². The fourth-order valence-electron chi connectivity index (χ4n) is 1.70. The Morgan fingerprint density at radius 3 is 2.32 bits per heavy atom. The molecule has 0 bridgehead atoms. The average Bonchev–Trinajstić information content (AvgIpc) is 2.37. The molecule has 0 saturated heterocycles. The summed E-state index contributed by atoms with van der Waals surface area (Å²) in [5, 5.41) is 1.02. The van der Waals surface area contributed by atoms with E-state index in [0.717, 1.165) is 5.56 Å². The molecule has 0 aliphatic rings. The number of halogens is 3. The zero-order valence-electron chi connectivity index (χ0n) is 11.3. The zero-order valence-corrected chi connectivity index (χ0v) is 13.6. The van der Waals surface area contributed by atoms with Gasteiger partial charge in [-0.15, -0.1) is 11.6 Å². The van der Waals surface area contributed by atoms with Crippen LogP contribution in [0.1, 0.15) is 26.3 Å². The normalized spacial score (nSPS) is 12.6. The molecule has 1 unspecified atom stereocenters. The van der Waals surface area contributed by atoms with E-state index >= 15 is 0 Å². The van der Waals surface area contributed by atoms with Crippen molar-refractivity contribution < 1.29 is 4.79 Å². The molecule has 0 aromatic heterocycles. The second kappa shape index (κ2) is 7.37. The van der Waals surface area contributed by atoms with Crippen molar-refractivity contribution in [1.29, 1.82) is 0 Å². The van der Waals surface area contributed by atoms with Gasteiger partial charge in [-0.25, -0.2) is 0 Å². The molecule has 0 radical (unpaired) electrons. The Kier molecular flexibility index (Phi) is 6.45. The minimum atomic E-state index is -0.188. The van der Waals surface area contributed by atoms with Crippen LogP contribution in [-0.4, -0.2) is 22.7 Å². The van der Waals surface area contributed by atoms with Crippen LogP contribution in [0.5, 0.6) is 0 Å². The van der Waals surface area contributed by atoms with E-state index in [2.05, 4.69) is 0 Å². The van der Waals surface area contributed by atoms with Crippen LogP contribution in [0.4, 0.5) is 0 Å². The van der Waals surface area contributed by atoms with Crippen molar-refractivity contribution in [2.45, 2.75) is 33.4 Å². The lowest BCUT2D eigenvalue weighted by atomic mass is 10.1. The largest absolute Gasteiger partial charge is 0.336 e. The van der Waals surface area contributed by atoms with Crippen LogP contribution in [-0.2, 0) is 11.3 Å². The number of hydrogen-bond donors (Lipinski definition) is 0. The first-order chi connectivity index (χ1) is 8.86. The summed E-state index contributed by atoms with van der Waals surface area (Å²) in [6.45, 7) is 6.31. The first-order valence-corrected chi connectivity index (χ1v) is 7.46. The summed E-state index contributed by atoms with van der Waals surface area (Å²) in [5.74, 6) is 0.187. The summed E-state index contributed by atoms with van der Waals surface area (Å²) in [5.41, 5.74) is 0.957. The van der Waals surface area contributed by atoms with E-state index in [4.69, 9.17) is 34.8 Å². The summed E-state index contributed by atoms with van der Waals surface area (Å²) < 4.78 is 0. The summed E-state index contributed by atoms with van der Waals surface area (Å²) in [7, 11) is 0. The Morgan fingerprint density at radius 1 is 1.21 bits per heavy atom. The Balaban J connectivity index is 2.90. The molecule has 1 aromatic carbocycles. The maximum absolute atomic E-state index is 12.3. The number of rotatable bonds is 5. The standard InChI is InChI=1S/C14H18Cl3NO/c1-9(2)18(14(19)10(3)7-15)8-11-4-5-12(16)13(17)6-11/h4-6,9-10H,7-8H2,1-3H3. The lowest BCUT2D eigenvalue weighted by molar-refractivity contribution is -0.136. The van der Waals surface area contributed by atoms with Crippen molar-refractivity contribution in [2.75, 3.05) is 5.88 Å². The molecule has 0 saturated carbocycles. The number of carbonyl (C=O) groups is 1. The van der Waals surface area contributed by atoms with E-state index in [0.29, 0.717) is 22.5 Å². The van der Waals surface area contributed by atoms with Gasteiger partial charge in [0.1, 0.15) is 0 Å². The molecule has 0 heterocycles. The number of amides is 1. The Hall–Kier alpha value is -0.440. The lowest BCUT2D eigenvalue weighted by Crippen LogP contribution is -2.40. The topological polar surface area (TPSA) is 20.3 Å². The summed E-state index contributed by atoms with van der Waals surface area (Å²) in [6.07, 6.45) is 0. The minimum absolute atomic E-state index is 0.0519. The molecule has 0 fully saturated rings.